The van der Waals surface area contributed by atoms with Crippen molar-refractivity contribution < 1.29 is 0 Å². The van der Waals surface area contributed by atoms with Gasteiger partial charge in [0, 0.05) is 20.0 Å². The Morgan fingerprint density at radius 3 is 2.92 bits per heavy atom. The first-order valence-electron chi connectivity index (χ1n) is 4.21. The van der Waals surface area contributed by atoms with Crippen LogP contribution >= 0.6 is 0 Å². The van der Waals surface area contributed by atoms with E-state index in [0.29, 0.717) is 13.0 Å². The summed E-state index contributed by atoms with van der Waals surface area (Å²) >= 11 is 0. The fourth-order valence-electron chi connectivity index (χ4n) is 1.04. The Balaban J connectivity index is 2.42. The molecule has 0 aromatic carbocycles. The van der Waals surface area contributed by atoms with Crippen LogP contribution in [-0.4, -0.2) is 14.3 Å². The molecule has 1 aromatic rings. The normalized spacial score (nSPS) is 9.85. The molecule has 0 aliphatic heterocycles. The molecule has 5 nitrogen and oxygen atoms in total. The summed E-state index contributed by atoms with van der Waals surface area (Å²) in [5.74, 6) is 0. The van der Waals surface area contributed by atoms with Gasteiger partial charge in [-0.25, -0.2) is 9.48 Å². The summed E-state index contributed by atoms with van der Waals surface area (Å²) in [6.45, 7) is 0.599. The van der Waals surface area contributed by atoms with Crippen LogP contribution in [0.25, 0.3) is 0 Å². The zero-order valence-electron chi connectivity index (χ0n) is 7.60. The minimum absolute atomic E-state index is 0.100. The highest BCUT2D eigenvalue weighted by Gasteiger charge is 1.99. The first-order valence-corrected chi connectivity index (χ1v) is 4.21. The average molecular weight is 180 g/mol. The summed E-state index contributed by atoms with van der Waals surface area (Å²) in [5.41, 5.74) is -0.100. The minimum atomic E-state index is -0.100. The van der Waals surface area contributed by atoms with E-state index < -0.39 is 0 Å². The van der Waals surface area contributed by atoms with E-state index in [-0.39, 0.29) is 5.69 Å². The van der Waals surface area contributed by atoms with Crippen molar-refractivity contribution in [3.63, 3.8) is 0 Å². The number of rotatable bonds is 4. The summed E-state index contributed by atoms with van der Waals surface area (Å²) in [6.07, 6.45) is 3.68. The third-order valence-corrected chi connectivity index (χ3v) is 1.80. The molecule has 1 rings (SSSR count). The quantitative estimate of drug-likeness (QED) is 0.625. The summed E-state index contributed by atoms with van der Waals surface area (Å²) < 4.78 is 2.85. The van der Waals surface area contributed by atoms with Crippen LogP contribution in [0, 0.1) is 11.3 Å². The Morgan fingerprint density at radius 2 is 2.38 bits per heavy atom. The Bertz CT molecular complexity index is 357. The van der Waals surface area contributed by atoms with Crippen molar-refractivity contribution in [2.75, 3.05) is 0 Å². The number of unbranched alkanes of at least 4 members (excludes halogenated alkanes) is 2. The second kappa shape index (κ2) is 4.45. The zero-order chi connectivity index (χ0) is 9.68. The van der Waals surface area contributed by atoms with E-state index in [1.165, 1.54) is 15.6 Å². The lowest BCUT2D eigenvalue weighted by atomic mass is 10.2. The molecule has 0 N–H and O–H groups in total. The largest absolute Gasteiger partial charge is 0.345 e. The number of aryl methyl sites for hydroxylation is 2. The van der Waals surface area contributed by atoms with Crippen LogP contribution in [0.15, 0.2) is 11.1 Å². The van der Waals surface area contributed by atoms with Crippen LogP contribution in [0.4, 0.5) is 0 Å². The van der Waals surface area contributed by atoms with Gasteiger partial charge < -0.3 is 0 Å². The van der Waals surface area contributed by atoms with Gasteiger partial charge in [-0.2, -0.15) is 10.4 Å². The molecule has 0 unspecified atom stereocenters. The molecule has 5 heteroatoms. The van der Waals surface area contributed by atoms with Crippen LogP contribution < -0.4 is 5.69 Å². The molecule has 70 valence electrons. The molecule has 0 aliphatic carbocycles. The highest BCUT2D eigenvalue weighted by atomic mass is 16.2. The van der Waals surface area contributed by atoms with Gasteiger partial charge in [0.25, 0.3) is 0 Å². The number of aromatic nitrogens is 3. The van der Waals surface area contributed by atoms with Crippen molar-refractivity contribution >= 4 is 0 Å². The average Bonchev–Trinajstić information content (AvgIpc) is 2.43. The summed E-state index contributed by atoms with van der Waals surface area (Å²) in [4.78, 5) is 11.2. The van der Waals surface area contributed by atoms with Crippen molar-refractivity contribution in [1.29, 1.82) is 5.26 Å². The molecule has 0 bridgehead atoms. The number of hydrogen-bond acceptors (Lipinski definition) is 3. The molecule has 0 aliphatic rings. The number of nitrogens with zero attached hydrogens (tertiary/aromatic N) is 4. The van der Waals surface area contributed by atoms with Crippen LogP contribution in [-0.2, 0) is 13.6 Å². The molecule has 13 heavy (non-hydrogen) atoms. The van der Waals surface area contributed by atoms with Gasteiger partial charge in [-0.05, 0) is 12.8 Å². The van der Waals surface area contributed by atoms with E-state index in [9.17, 15) is 4.79 Å². The van der Waals surface area contributed by atoms with E-state index in [1.807, 2.05) is 0 Å². The second-order valence-corrected chi connectivity index (χ2v) is 2.86. The van der Waals surface area contributed by atoms with E-state index in [2.05, 4.69) is 11.2 Å². The maximum atomic E-state index is 11.2. The molecule has 0 saturated heterocycles. The maximum absolute atomic E-state index is 11.2. The second-order valence-electron chi connectivity index (χ2n) is 2.86. The Kier molecular flexibility index (Phi) is 3.26. The van der Waals surface area contributed by atoms with Crippen molar-refractivity contribution in [3.8, 4) is 6.07 Å². The maximum Gasteiger partial charge on any atom is 0.345 e. The molecule has 0 atom stereocenters. The van der Waals surface area contributed by atoms with Gasteiger partial charge in [0.15, 0.2) is 0 Å². The Morgan fingerprint density at radius 1 is 1.62 bits per heavy atom. The summed E-state index contributed by atoms with van der Waals surface area (Å²) in [7, 11) is 1.67. The van der Waals surface area contributed by atoms with Gasteiger partial charge in [0.05, 0.1) is 6.07 Å². The highest BCUT2D eigenvalue weighted by molar-refractivity contribution is 4.69. The number of nitriles is 1. The molecule has 1 aromatic heterocycles. The van der Waals surface area contributed by atoms with E-state index in [1.54, 1.807) is 7.05 Å². The lowest BCUT2D eigenvalue weighted by Crippen LogP contribution is -2.22. The zero-order valence-corrected chi connectivity index (χ0v) is 7.60. The van der Waals surface area contributed by atoms with Crippen LogP contribution in [0.1, 0.15) is 19.3 Å². The van der Waals surface area contributed by atoms with Gasteiger partial charge in [-0.3, -0.25) is 4.57 Å². The fraction of sp³-hybridized carbons (Fsp3) is 0.625. The minimum Gasteiger partial charge on any atom is -0.285 e. The van der Waals surface area contributed by atoms with Crippen molar-refractivity contribution in [1.82, 2.24) is 14.3 Å². The standard InChI is InChI=1S/C8H12N4O/c1-11-7-10-12(8(11)13)6-4-2-3-5-9/h7H,2-4,6H2,1H3. The van der Waals surface area contributed by atoms with Crippen molar-refractivity contribution in [2.24, 2.45) is 7.05 Å². The van der Waals surface area contributed by atoms with E-state index >= 15 is 0 Å². The Labute approximate surface area is 76.2 Å². The molecular weight excluding hydrogens is 168 g/mol. The SMILES string of the molecule is Cn1cnn(CCCCC#N)c1=O. The first kappa shape index (κ1) is 9.52. The van der Waals surface area contributed by atoms with Gasteiger partial charge >= 0.3 is 5.69 Å². The van der Waals surface area contributed by atoms with Gasteiger partial charge in [0.2, 0.25) is 0 Å². The van der Waals surface area contributed by atoms with E-state index in [4.69, 9.17) is 5.26 Å². The Hall–Kier alpha value is -1.57. The van der Waals surface area contributed by atoms with Crippen LogP contribution in [0.2, 0.25) is 0 Å². The molecule has 0 radical (unpaired) electrons. The molecular formula is C8H12N4O. The monoisotopic (exact) mass is 180 g/mol. The lowest BCUT2D eigenvalue weighted by Gasteiger charge is -1.96. The van der Waals surface area contributed by atoms with Crippen molar-refractivity contribution in [2.45, 2.75) is 25.8 Å². The van der Waals surface area contributed by atoms with E-state index in [0.717, 1.165) is 12.8 Å². The van der Waals surface area contributed by atoms with Crippen molar-refractivity contribution in [3.05, 3.63) is 16.8 Å². The molecule has 0 amide bonds. The molecule has 0 spiro atoms. The number of hydrogen-bond donors (Lipinski definition) is 0. The molecule has 0 saturated carbocycles. The van der Waals surface area contributed by atoms with Gasteiger partial charge in [0.1, 0.15) is 6.33 Å². The topological polar surface area (TPSA) is 63.6 Å². The third kappa shape index (κ3) is 2.44. The fourth-order valence-corrected chi connectivity index (χ4v) is 1.04. The highest BCUT2D eigenvalue weighted by Crippen LogP contribution is 1.94. The smallest absolute Gasteiger partial charge is 0.285 e. The molecule has 1 heterocycles. The first-order chi connectivity index (χ1) is 6.25. The van der Waals surface area contributed by atoms with Crippen LogP contribution in [0.3, 0.4) is 0 Å². The third-order valence-electron chi connectivity index (χ3n) is 1.80. The predicted molar refractivity (Wildman–Crippen MR) is 46.9 cm³/mol. The van der Waals surface area contributed by atoms with Gasteiger partial charge in [-0.1, -0.05) is 0 Å². The van der Waals surface area contributed by atoms with Gasteiger partial charge in [-0.15, -0.1) is 0 Å². The predicted octanol–water partition coefficient (Wildman–Crippen LogP) is 0.276. The lowest BCUT2D eigenvalue weighted by molar-refractivity contribution is 0.540. The summed E-state index contributed by atoms with van der Waals surface area (Å²) in [6, 6.07) is 2.06. The van der Waals surface area contributed by atoms with Crippen LogP contribution in [0.5, 0.6) is 0 Å². The summed E-state index contributed by atoms with van der Waals surface area (Å²) in [5, 5.41) is 12.2. The molecule has 0 fully saturated rings.